The van der Waals surface area contributed by atoms with E-state index in [4.69, 9.17) is 11.5 Å². The van der Waals surface area contributed by atoms with E-state index in [0.717, 1.165) is 6.42 Å². The molecule has 0 rings (SSSR count). The van der Waals surface area contributed by atoms with Crippen molar-refractivity contribution in [2.24, 2.45) is 17.4 Å². The Morgan fingerprint density at radius 3 is 2.40 bits per heavy atom. The SMILES string of the molecule is C=C[C@H](CN)C/C=C/CN. The van der Waals surface area contributed by atoms with Crippen molar-refractivity contribution in [1.29, 1.82) is 0 Å². The predicted octanol–water partition coefficient (Wildman–Crippen LogP) is 0.652. The topological polar surface area (TPSA) is 52.0 Å². The maximum Gasteiger partial charge on any atom is 0.0106 e. The highest BCUT2D eigenvalue weighted by atomic mass is 14.5. The summed E-state index contributed by atoms with van der Waals surface area (Å²) in [5.74, 6) is 0.405. The molecule has 0 aromatic rings. The van der Waals surface area contributed by atoms with Gasteiger partial charge in [0.25, 0.3) is 0 Å². The van der Waals surface area contributed by atoms with Gasteiger partial charge in [0.15, 0.2) is 0 Å². The summed E-state index contributed by atoms with van der Waals surface area (Å²) >= 11 is 0. The van der Waals surface area contributed by atoms with Crippen molar-refractivity contribution in [3.05, 3.63) is 24.8 Å². The molecular formula is C8H16N2. The van der Waals surface area contributed by atoms with Crippen LogP contribution in [0.2, 0.25) is 0 Å². The van der Waals surface area contributed by atoms with Gasteiger partial charge in [0, 0.05) is 6.54 Å². The van der Waals surface area contributed by atoms with Crippen LogP contribution in [0.5, 0.6) is 0 Å². The average Bonchev–Trinajstić information content (AvgIpc) is 1.99. The van der Waals surface area contributed by atoms with Gasteiger partial charge in [-0.15, -0.1) is 6.58 Å². The molecular weight excluding hydrogens is 124 g/mol. The van der Waals surface area contributed by atoms with E-state index in [1.807, 2.05) is 18.2 Å². The number of hydrogen-bond donors (Lipinski definition) is 2. The fraction of sp³-hybridized carbons (Fsp3) is 0.500. The van der Waals surface area contributed by atoms with Gasteiger partial charge in [-0.2, -0.15) is 0 Å². The molecule has 4 N–H and O–H groups in total. The normalized spacial score (nSPS) is 13.8. The van der Waals surface area contributed by atoms with Gasteiger partial charge in [0.1, 0.15) is 0 Å². The van der Waals surface area contributed by atoms with Crippen molar-refractivity contribution in [2.45, 2.75) is 6.42 Å². The molecule has 10 heavy (non-hydrogen) atoms. The predicted molar refractivity (Wildman–Crippen MR) is 45.6 cm³/mol. The van der Waals surface area contributed by atoms with E-state index in [2.05, 4.69) is 6.58 Å². The van der Waals surface area contributed by atoms with Crippen molar-refractivity contribution in [2.75, 3.05) is 13.1 Å². The molecule has 2 nitrogen and oxygen atoms in total. The molecule has 0 aromatic heterocycles. The standard InChI is InChI=1S/C8H16N2/c1-2-8(7-10)5-3-4-6-9/h2-4,8H,1,5-7,9-10H2/b4-3+/t8-/m0/s1. The zero-order chi connectivity index (χ0) is 7.82. The molecule has 0 radical (unpaired) electrons. The summed E-state index contributed by atoms with van der Waals surface area (Å²) in [6, 6.07) is 0. The Morgan fingerprint density at radius 1 is 1.30 bits per heavy atom. The third kappa shape index (κ3) is 4.30. The van der Waals surface area contributed by atoms with Crippen LogP contribution in [0.4, 0.5) is 0 Å². The maximum absolute atomic E-state index is 5.43. The number of rotatable bonds is 5. The largest absolute Gasteiger partial charge is 0.330 e. The van der Waals surface area contributed by atoms with E-state index in [0.29, 0.717) is 19.0 Å². The van der Waals surface area contributed by atoms with Crippen LogP contribution >= 0.6 is 0 Å². The molecule has 0 aromatic carbocycles. The molecule has 1 atom stereocenters. The summed E-state index contributed by atoms with van der Waals surface area (Å²) in [6.45, 7) is 4.94. The Bertz CT molecular complexity index is 108. The van der Waals surface area contributed by atoms with Crippen LogP contribution in [0.1, 0.15) is 6.42 Å². The third-order valence-electron chi connectivity index (χ3n) is 1.38. The lowest BCUT2D eigenvalue weighted by Crippen LogP contribution is -2.10. The first-order valence-electron chi connectivity index (χ1n) is 3.52. The first-order valence-corrected chi connectivity index (χ1v) is 3.52. The minimum Gasteiger partial charge on any atom is -0.330 e. The molecule has 0 spiro atoms. The Kier molecular flexibility index (Phi) is 6.13. The Morgan fingerprint density at radius 2 is 2.00 bits per heavy atom. The van der Waals surface area contributed by atoms with Crippen molar-refractivity contribution in [1.82, 2.24) is 0 Å². The first-order chi connectivity index (χ1) is 4.85. The molecule has 0 aliphatic rings. The minimum absolute atomic E-state index is 0.405. The molecule has 0 aliphatic heterocycles. The zero-order valence-electron chi connectivity index (χ0n) is 6.29. The van der Waals surface area contributed by atoms with Crippen molar-refractivity contribution >= 4 is 0 Å². The van der Waals surface area contributed by atoms with E-state index < -0.39 is 0 Å². The van der Waals surface area contributed by atoms with Crippen LogP contribution in [0, 0.1) is 5.92 Å². The van der Waals surface area contributed by atoms with Crippen molar-refractivity contribution in [3.8, 4) is 0 Å². The highest BCUT2D eigenvalue weighted by Crippen LogP contribution is 2.01. The van der Waals surface area contributed by atoms with Gasteiger partial charge in [-0.3, -0.25) is 0 Å². The van der Waals surface area contributed by atoms with Gasteiger partial charge >= 0.3 is 0 Å². The molecule has 0 unspecified atom stereocenters. The van der Waals surface area contributed by atoms with Crippen LogP contribution < -0.4 is 11.5 Å². The molecule has 0 fully saturated rings. The van der Waals surface area contributed by atoms with Crippen LogP contribution in [-0.2, 0) is 0 Å². The van der Waals surface area contributed by atoms with E-state index >= 15 is 0 Å². The zero-order valence-corrected chi connectivity index (χ0v) is 6.29. The van der Waals surface area contributed by atoms with Crippen LogP contribution in [-0.4, -0.2) is 13.1 Å². The van der Waals surface area contributed by atoms with E-state index in [9.17, 15) is 0 Å². The van der Waals surface area contributed by atoms with Gasteiger partial charge in [0.2, 0.25) is 0 Å². The summed E-state index contributed by atoms with van der Waals surface area (Å²) in [5, 5.41) is 0. The quantitative estimate of drug-likeness (QED) is 0.551. The summed E-state index contributed by atoms with van der Waals surface area (Å²) < 4.78 is 0. The Hall–Kier alpha value is -0.600. The molecule has 0 aliphatic carbocycles. The molecule has 0 saturated carbocycles. The minimum atomic E-state index is 0.405. The van der Waals surface area contributed by atoms with Crippen molar-refractivity contribution in [3.63, 3.8) is 0 Å². The molecule has 0 heterocycles. The van der Waals surface area contributed by atoms with E-state index in [-0.39, 0.29) is 0 Å². The smallest absolute Gasteiger partial charge is 0.0106 e. The van der Waals surface area contributed by atoms with E-state index in [1.165, 1.54) is 0 Å². The maximum atomic E-state index is 5.43. The Labute approximate surface area is 62.6 Å². The lowest BCUT2D eigenvalue weighted by molar-refractivity contribution is 0.676. The second kappa shape index (κ2) is 6.52. The van der Waals surface area contributed by atoms with Crippen LogP contribution in [0.15, 0.2) is 24.8 Å². The third-order valence-corrected chi connectivity index (χ3v) is 1.38. The van der Waals surface area contributed by atoms with Crippen LogP contribution in [0.3, 0.4) is 0 Å². The van der Waals surface area contributed by atoms with E-state index in [1.54, 1.807) is 0 Å². The molecule has 2 heteroatoms. The van der Waals surface area contributed by atoms with Gasteiger partial charge in [-0.25, -0.2) is 0 Å². The number of hydrogen-bond acceptors (Lipinski definition) is 2. The second-order valence-corrected chi connectivity index (χ2v) is 2.17. The molecule has 0 amide bonds. The van der Waals surface area contributed by atoms with Gasteiger partial charge < -0.3 is 11.5 Å². The molecule has 0 bridgehead atoms. The lowest BCUT2D eigenvalue weighted by Gasteiger charge is -2.03. The highest BCUT2D eigenvalue weighted by molar-refractivity contribution is 4.90. The van der Waals surface area contributed by atoms with Crippen molar-refractivity contribution < 1.29 is 0 Å². The van der Waals surface area contributed by atoms with Gasteiger partial charge in [-0.05, 0) is 18.9 Å². The summed E-state index contributed by atoms with van der Waals surface area (Å²) in [5.41, 5.74) is 10.7. The van der Waals surface area contributed by atoms with Gasteiger partial charge in [-0.1, -0.05) is 18.2 Å². The highest BCUT2D eigenvalue weighted by Gasteiger charge is 1.95. The Balaban J connectivity index is 3.43. The fourth-order valence-electron chi connectivity index (χ4n) is 0.656. The molecule has 0 saturated heterocycles. The van der Waals surface area contributed by atoms with Crippen LogP contribution in [0.25, 0.3) is 0 Å². The fourth-order valence-corrected chi connectivity index (χ4v) is 0.656. The second-order valence-electron chi connectivity index (χ2n) is 2.17. The first kappa shape index (κ1) is 9.40. The summed E-state index contributed by atoms with van der Waals surface area (Å²) in [6.07, 6.45) is 6.81. The number of nitrogens with two attached hydrogens (primary N) is 2. The summed E-state index contributed by atoms with van der Waals surface area (Å²) in [7, 11) is 0. The summed E-state index contributed by atoms with van der Waals surface area (Å²) in [4.78, 5) is 0. The molecule has 58 valence electrons. The average molecular weight is 140 g/mol. The lowest BCUT2D eigenvalue weighted by atomic mass is 10.1. The monoisotopic (exact) mass is 140 g/mol. The van der Waals surface area contributed by atoms with Gasteiger partial charge in [0.05, 0.1) is 0 Å². The number of allylic oxidation sites excluding steroid dienone is 1.